The number of carbonyl (C=O) groups excluding carboxylic acids is 2. The van der Waals surface area contributed by atoms with Crippen molar-refractivity contribution in [3.8, 4) is 0 Å². The minimum atomic E-state index is -0.947. The van der Waals surface area contributed by atoms with Crippen molar-refractivity contribution < 1.29 is 18.7 Å². The molecule has 7 heteroatoms. The first kappa shape index (κ1) is 24.8. The van der Waals surface area contributed by atoms with Gasteiger partial charge >= 0.3 is 5.97 Å². The van der Waals surface area contributed by atoms with Crippen LogP contribution in [0.15, 0.2) is 41.3 Å². The van der Waals surface area contributed by atoms with Crippen molar-refractivity contribution in [3.63, 3.8) is 0 Å². The van der Waals surface area contributed by atoms with Gasteiger partial charge in [0.1, 0.15) is 17.3 Å². The molecule has 2 heterocycles. The number of benzene rings is 1. The van der Waals surface area contributed by atoms with E-state index >= 15 is 0 Å². The Morgan fingerprint density at radius 3 is 2.51 bits per heavy atom. The second kappa shape index (κ2) is 9.77. The number of ether oxygens (including phenoxy) is 1. The number of halogens is 1. The maximum Gasteiger partial charge on any atom is 0.317 e. The summed E-state index contributed by atoms with van der Waals surface area (Å²) in [6.45, 7) is 10.7. The molecule has 1 aromatic carbocycles. The zero-order chi connectivity index (χ0) is 25.2. The van der Waals surface area contributed by atoms with E-state index in [4.69, 9.17) is 11.3 Å². The summed E-state index contributed by atoms with van der Waals surface area (Å²) in [6.07, 6.45) is 6.55. The highest BCUT2D eigenvalue weighted by molar-refractivity contribution is 6.01. The summed E-state index contributed by atoms with van der Waals surface area (Å²) < 4.78 is 20.9. The van der Waals surface area contributed by atoms with Gasteiger partial charge in [-0.25, -0.2) is 11.0 Å². The first-order chi connectivity index (χ1) is 16.6. The number of aryl methyl sites for hydroxylation is 1. The van der Waals surface area contributed by atoms with Gasteiger partial charge in [-0.3, -0.25) is 14.4 Å². The lowest BCUT2D eigenvalue weighted by Crippen LogP contribution is -2.52. The molecule has 0 bridgehead atoms. The van der Waals surface area contributed by atoms with Crippen LogP contribution in [0.25, 0.3) is 4.85 Å². The summed E-state index contributed by atoms with van der Waals surface area (Å²) in [5, 5.41) is 0. The van der Waals surface area contributed by atoms with Gasteiger partial charge < -0.3 is 14.6 Å². The normalized spacial score (nSPS) is 23.2. The Hall–Kier alpha value is -3.27. The molecule has 2 aliphatic rings. The molecule has 0 amide bonds. The van der Waals surface area contributed by atoms with Crippen molar-refractivity contribution in [3.05, 3.63) is 80.8 Å². The molecule has 0 radical (unpaired) electrons. The Morgan fingerprint density at radius 2 is 1.89 bits per heavy atom. The summed E-state index contributed by atoms with van der Waals surface area (Å²) in [4.78, 5) is 44.0. The molecule has 6 nitrogen and oxygen atoms in total. The van der Waals surface area contributed by atoms with Gasteiger partial charge in [-0.1, -0.05) is 18.9 Å². The minimum Gasteiger partial charge on any atom is -0.458 e. The third-order valence-electron chi connectivity index (χ3n) is 7.64. The largest absolute Gasteiger partial charge is 0.458 e. The summed E-state index contributed by atoms with van der Waals surface area (Å²) in [7, 11) is 0. The van der Waals surface area contributed by atoms with Crippen molar-refractivity contribution in [1.29, 1.82) is 0 Å². The number of hydrogen-bond donors (Lipinski definition) is 1. The van der Waals surface area contributed by atoms with E-state index in [9.17, 15) is 18.8 Å². The zero-order valence-corrected chi connectivity index (χ0v) is 20.2. The van der Waals surface area contributed by atoms with E-state index in [0.29, 0.717) is 24.0 Å². The number of ketones is 1. The molecule has 2 atom stereocenters. The molecule has 1 saturated carbocycles. The number of nitrogens with one attached hydrogen (secondary N) is 1. The average molecular weight is 479 g/mol. The van der Waals surface area contributed by atoms with Gasteiger partial charge in [-0.15, -0.1) is 0 Å². The van der Waals surface area contributed by atoms with Crippen LogP contribution in [0.5, 0.6) is 0 Å². The topological polar surface area (TPSA) is 80.6 Å². The van der Waals surface area contributed by atoms with Crippen molar-refractivity contribution in [2.75, 3.05) is 0 Å². The molecule has 35 heavy (non-hydrogen) atoms. The van der Waals surface area contributed by atoms with Gasteiger partial charge in [-0.2, -0.15) is 0 Å². The molecule has 2 fully saturated rings. The van der Waals surface area contributed by atoms with Crippen LogP contribution in [-0.4, -0.2) is 22.3 Å². The van der Waals surface area contributed by atoms with E-state index in [0.717, 1.165) is 31.2 Å². The maximum absolute atomic E-state index is 14.8. The zero-order valence-electron chi connectivity index (χ0n) is 20.2. The molecule has 0 spiro atoms. The summed E-state index contributed by atoms with van der Waals surface area (Å²) >= 11 is 0. The van der Waals surface area contributed by atoms with Crippen molar-refractivity contribution in [1.82, 2.24) is 4.98 Å². The van der Waals surface area contributed by atoms with Crippen LogP contribution in [0, 0.1) is 24.2 Å². The SMILES string of the molecule is [C-]#[N+]C(C)(C)c1ccc(CCC2(C3CCCC3)CC(=O)C(Cc3cc[nH]c(=O)c3)C(=O)O2)cc1F. The van der Waals surface area contributed by atoms with Gasteiger partial charge in [0.05, 0.1) is 5.56 Å². The molecule has 1 aromatic heterocycles. The number of aromatic amines is 1. The molecule has 1 saturated heterocycles. The fraction of sp³-hybridized carbons (Fsp3) is 0.500. The number of pyridine rings is 1. The third-order valence-corrected chi connectivity index (χ3v) is 7.64. The average Bonchev–Trinajstić information content (AvgIpc) is 3.36. The smallest absolute Gasteiger partial charge is 0.317 e. The fourth-order valence-corrected chi connectivity index (χ4v) is 5.56. The Morgan fingerprint density at radius 1 is 1.14 bits per heavy atom. The molecule has 1 aliphatic heterocycles. The predicted molar refractivity (Wildman–Crippen MR) is 129 cm³/mol. The van der Waals surface area contributed by atoms with E-state index in [1.165, 1.54) is 18.3 Å². The Balaban J connectivity index is 1.53. The summed E-state index contributed by atoms with van der Waals surface area (Å²) in [6, 6.07) is 8.00. The van der Waals surface area contributed by atoms with Crippen LogP contribution in [0.1, 0.15) is 69.1 Å². The predicted octanol–water partition coefficient (Wildman–Crippen LogP) is 4.90. The van der Waals surface area contributed by atoms with Crippen molar-refractivity contribution in [2.24, 2.45) is 11.8 Å². The number of hydrogen-bond acceptors (Lipinski definition) is 4. The van der Waals surface area contributed by atoms with Gasteiger partial charge in [0.25, 0.3) is 5.54 Å². The van der Waals surface area contributed by atoms with Crippen LogP contribution in [0.2, 0.25) is 0 Å². The molecule has 2 aromatic rings. The highest BCUT2D eigenvalue weighted by Crippen LogP contribution is 2.45. The molecular formula is C28H31FN2O4. The van der Waals surface area contributed by atoms with Crippen LogP contribution < -0.4 is 5.56 Å². The van der Waals surface area contributed by atoms with Crippen LogP contribution >= 0.6 is 0 Å². The van der Waals surface area contributed by atoms with E-state index < -0.39 is 28.8 Å². The van der Waals surface area contributed by atoms with Crippen LogP contribution in [-0.2, 0) is 32.7 Å². The lowest BCUT2D eigenvalue weighted by molar-refractivity contribution is -0.185. The maximum atomic E-state index is 14.8. The van der Waals surface area contributed by atoms with Gasteiger partial charge in [0.2, 0.25) is 5.56 Å². The first-order valence-corrected chi connectivity index (χ1v) is 12.2. The Bertz CT molecular complexity index is 1200. The third kappa shape index (κ3) is 5.22. The second-order valence-corrected chi connectivity index (χ2v) is 10.4. The number of H-pyrrole nitrogens is 1. The number of carbonyl (C=O) groups is 2. The Labute approximate surface area is 204 Å². The number of rotatable bonds is 7. The lowest BCUT2D eigenvalue weighted by Gasteiger charge is -2.43. The van der Waals surface area contributed by atoms with Crippen molar-refractivity contribution in [2.45, 2.75) is 76.4 Å². The molecule has 1 aliphatic carbocycles. The van der Waals surface area contributed by atoms with E-state index in [1.807, 2.05) is 6.07 Å². The molecular weight excluding hydrogens is 447 g/mol. The highest BCUT2D eigenvalue weighted by atomic mass is 19.1. The number of esters is 1. The van der Waals surface area contributed by atoms with Gasteiger partial charge in [0, 0.05) is 32.5 Å². The van der Waals surface area contributed by atoms with Crippen molar-refractivity contribution >= 4 is 11.8 Å². The van der Waals surface area contributed by atoms with Gasteiger partial charge in [0.15, 0.2) is 5.78 Å². The molecule has 2 unspecified atom stereocenters. The van der Waals surface area contributed by atoms with Crippen LogP contribution in [0.4, 0.5) is 4.39 Å². The number of Topliss-reactive ketones (excluding diaryl/α,β-unsaturated/α-hetero) is 1. The highest BCUT2D eigenvalue weighted by Gasteiger charge is 2.51. The van der Waals surface area contributed by atoms with E-state index in [1.54, 1.807) is 26.0 Å². The number of aromatic nitrogens is 1. The second-order valence-electron chi connectivity index (χ2n) is 10.4. The summed E-state index contributed by atoms with van der Waals surface area (Å²) in [5.74, 6) is -1.93. The van der Waals surface area contributed by atoms with Gasteiger partial charge in [-0.05, 0) is 67.3 Å². The monoisotopic (exact) mass is 478 g/mol. The van der Waals surface area contributed by atoms with E-state index in [2.05, 4.69) is 9.83 Å². The minimum absolute atomic E-state index is 0.0982. The van der Waals surface area contributed by atoms with E-state index in [-0.39, 0.29) is 30.1 Å². The Kier molecular flexibility index (Phi) is 6.93. The van der Waals surface area contributed by atoms with Crippen LogP contribution in [0.3, 0.4) is 0 Å². The molecule has 1 N–H and O–H groups in total. The number of cyclic esters (lactones) is 1. The molecule has 184 valence electrons. The first-order valence-electron chi connectivity index (χ1n) is 12.2. The lowest BCUT2D eigenvalue weighted by atomic mass is 9.73. The fourth-order valence-electron chi connectivity index (χ4n) is 5.56. The molecule has 4 rings (SSSR count). The quantitative estimate of drug-likeness (QED) is 0.349. The standard InChI is InChI=1S/C28H31FN2O4/c1-27(2,30-3)22-9-8-18(15-23(22)29)10-12-28(20-6-4-5-7-20)17-24(32)21(26(34)35-28)14-19-11-13-31-25(33)16-19/h8-9,11,13,15-16,20-21H,4-7,10,12,14,17H2,1-2H3,(H,31,33). The summed E-state index contributed by atoms with van der Waals surface area (Å²) in [5.41, 5.74) is -0.396. The number of nitrogens with zero attached hydrogens (tertiary/aromatic N) is 1.